The first-order valence-corrected chi connectivity index (χ1v) is 10.7. The molecular formula is C25H24ClFN2O2. The summed E-state index contributed by atoms with van der Waals surface area (Å²) < 4.78 is 19.9. The number of aromatic nitrogens is 2. The van der Waals surface area contributed by atoms with Crippen molar-refractivity contribution in [1.29, 1.82) is 0 Å². The van der Waals surface area contributed by atoms with Crippen LogP contribution in [0.5, 0.6) is 5.75 Å². The normalized spacial score (nSPS) is 16.2. The summed E-state index contributed by atoms with van der Waals surface area (Å²) in [6.07, 6.45) is 3.91. The Labute approximate surface area is 186 Å². The minimum absolute atomic E-state index is 0.0391. The molecule has 0 amide bonds. The predicted molar refractivity (Wildman–Crippen MR) is 121 cm³/mol. The van der Waals surface area contributed by atoms with Crippen LogP contribution in [-0.4, -0.2) is 22.6 Å². The van der Waals surface area contributed by atoms with E-state index in [1.165, 1.54) is 6.20 Å². The van der Waals surface area contributed by atoms with E-state index in [0.29, 0.717) is 29.2 Å². The first-order valence-electron chi connectivity index (χ1n) is 10.3. The quantitative estimate of drug-likeness (QED) is 0.481. The summed E-state index contributed by atoms with van der Waals surface area (Å²) in [6.45, 7) is 6.33. The molecule has 6 heteroatoms. The van der Waals surface area contributed by atoms with E-state index in [0.717, 1.165) is 28.0 Å². The second-order valence-corrected chi connectivity index (χ2v) is 8.52. The molecule has 1 aliphatic rings. The van der Waals surface area contributed by atoms with Gasteiger partial charge in [0.2, 0.25) is 5.95 Å². The van der Waals surface area contributed by atoms with Crippen molar-refractivity contribution >= 4 is 23.0 Å². The van der Waals surface area contributed by atoms with Crippen LogP contribution >= 0.6 is 11.6 Å². The summed E-state index contributed by atoms with van der Waals surface area (Å²) in [5, 5.41) is 6.73. The Balaban J connectivity index is 1.67. The van der Waals surface area contributed by atoms with E-state index in [1.54, 1.807) is 6.07 Å². The fraction of sp³-hybridized carbons (Fsp3) is 0.280. The van der Waals surface area contributed by atoms with Crippen molar-refractivity contribution in [3.63, 3.8) is 0 Å². The number of Topliss-reactive ketones (excluding diaryl/α,β-unsaturated/α-hetero) is 1. The van der Waals surface area contributed by atoms with Gasteiger partial charge >= 0.3 is 0 Å². The van der Waals surface area contributed by atoms with Gasteiger partial charge in [-0.1, -0.05) is 49.7 Å². The summed E-state index contributed by atoms with van der Waals surface area (Å²) in [5.41, 5.74) is 4.60. The fourth-order valence-electron chi connectivity index (χ4n) is 4.11. The largest absolute Gasteiger partial charge is 0.493 e. The predicted octanol–water partition coefficient (Wildman–Crippen LogP) is 6.22. The summed E-state index contributed by atoms with van der Waals surface area (Å²) in [5.74, 6) is 0.210. The number of H-pyrrole nitrogens is 1. The molecule has 2 aromatic carbocycles. The van der Waals surface area contributed by atoms with Crippen LogP contribution in [-0.2, 0) is 11.2 Å². The number of rotatable bonds is 5. The number of halogens is 2. The highest BCUT2D eigenvalue weighted by atomic mass is 35.5. The van der Waals surface area contributed by atoms with Crippen LogP contribution in [0.4, 0.5) is 4.39 Å². The number of fused-ring (bicyclic) bond motifs is 1. The third-order valence-electron chi connectivity index (χ3n) is 5.72. The van der Waals surface area contributed by atoms with E-state index in [-0.39, 0.29) is 17.6 Å². The number of nitrogens with one attached hydrogen (secondary N) is 1. The maximum atomic E-state index is 14.0. The van der Waals surface area contributed by atoms with Gasteiger partial charge in [-0.05, 0) is 59.7 Å². The highest BCUT2D eigenvalue weighted by molar-refractivity contribution is 6.30. The molecule has 1 atom stereocenters. The third-order valence-corrected chi connectivity index (χ3v) is 5.96. The SMILES string of the molecule is C/C=C(/C(=O)C1COc2ccc(Cl)cc2C1)c1ccc(-c2cn[nH]c2F)cc1C(C)C. The number of aromatic amines is 1. The van der Waals surface area contributed by atoms with Crippen molar-refractivity contribution in [1.82, 2.24) is 10.2 Å². The highest BCUT2D eigenvalue weighted by Gasteiger charge is 2.29. The molecule has 4 rings (SSSR count). The van der Waals surface area contributed by atoms with Gasteiger partial charge in [-0.15, -0.1) is 0 Å². The Bertz CT molecular complexity index is 1170. The van der Waals surface area contributed by atoms with Crippen LogP contribution in [0.25, 0.3) is 16.7 Å². The number of ether oxygens (including phenoxy) is 1. The van der Waals surface area contributed by atoms with Crippen molar-refractivity contribution < 1.29 is 13.9 Å². The van der Waals surface area contributed by atoms with Crippen LogP contribution in [0.2, 0.25) is 5.02 Å². The Morgan fingerprint density at radius 2 is 2.10 bits per heavy atom. The van der Waals surface area contributed by atoms with Gasteiger partial charge in [-0.3, -0.25) is 9.89 Å². The number of nitrogens with zero attached hydrogens (tertiary/aromatic N) is 1. The number of carbonyl (C=O) groups is 1. The molecule has 2 heterocycles. The molecule has 0 saturated carbocycles. The van der Waals surface area contributed by atoms with E-state index in [4.69, 9.17) is 16.3 Å². The minimum atomic E-state index is -0.471. The molecule has 3 aromatic rings. The Kier molecular flexibility index (Phi) is 5.96. The molecule has 0 aliphatic carbocycles. The number of benzene rings is 2. The van der Waals surface area contributed by atoms with Gasteiger partial charge in [0.25, 0.3) is 0 Å². The van der Waals surface area contributed by atoms with Gasteiger partial charge in [0.15, 0.2) is 5.78 Å². The van der Waals surface area contributed by atoms with Crippen LogP contribution in [0.15, 0.2) is 48.7 Å². The van der Waals surface area contributed by atoms with Gasteiger partial charge in [0, 0.05) is 10.6 Å². The van der Waals surface area contributed by atoms with E-state index in [9.17, 15) is 9.18 Å². The molecule has 0 fully saturated rings. The standard InChI is InChI=1S/C25H24ClFN2O2/c1-4-19(24(30)17-9-16-10-18(26)6-8-23(16)31-13-17)20-7-5-15(11-21(20)14(2)3)22-12-28-29-25(22)27/h4-8,10-12,14,17H,9,13H2,1-3H3,(H,28,29)/b19-4+. The molecule has 31 heavy (non-hydrogen) atoms. The molecule has 0 radical (unpaired) electrons. The average Bonchev–Trinajstić information content (AvgIpc) is 3.19. The van der Waals surface area contributed by atoms with E-state index in [2.05, 4.69) is 24.0 Å². The van der Waals surface area contributed by atoms with Gasteiger partial charge in [0.05, 0.1) is 24.3 Å². The van der Waals surface area contributed by atoms with Gasteiger partial charge in [-0.2, -0.15) is 9.49 Å². The number of hydrogen-bond donors (Lipinski definition) is 1. The van der Waals surface area contributed by atoms with Gasteiger partial charge < -0.3 is 4.74 Å². The molecule has 0 saturated heterocycles. The molecule has 160 valence electrons. The maximum Gasteiger partial charge on any atom is 0.216 e. The summed E-state index contributed by atoms with van der Waals surface area (Å²) in [4.78, 5) is 13.5. The van der Waals surface area contributed by atoms with Crippen molar-refractivity contribution in [2.24, 2.45) is 5.92 Å². The number of ketones is 1. The number of allylic oxidation sites excluding steroid dienone is 2. The molecule has 1 aromatic heterocycles. The smallest absolute Gasteiger partial charge is 0.216 e. The maximum absolute atomic E-state index is 14.0. The fourth-order valence-corrected chi connectivity index (χ4v) is 4.30. The summed E-state index contributed by atoms with van der Waals surface area (Å²) in [7, 11) is 0. The van der Waals surface area contributed by atoms with Crippen LogP contribution in [0.3, 0.4) is 0 Å². The topological polar surface area (TPSA) is 55.0 Å². The first kappa shape index (κ1) is 21.3. The lowest BCUT2D eigenvalue weighted by atomic mass is 9.83. The lowest BCUT2D eigenvalue weighted by molar-refractivity contribution is -0.118. The zero-order chi connectivity index (χ0) is 22.1. The lowest BCUT2D eigenvalue weighted by Crippen LogP contribution is -2.29. The third kappa shape index (κ3) is 4.15. The molecular weight excluding hydrogens is 415 g/mol. The van der Waals surface area contributed by atoms with Crippen LogP contribution in [0.1, 0.15) is 43.4 Å². The Hall–Kier alpha value is -2.92. The molecule has 1 N–H and O–H groups in total. The monoisotopic (exact) mass is 438 g/mol. The average molecular weight is 439 g/mol. The minimum Gasteiger partial charge on any atom is -0.493 e. The summed E-state index contributed by atoms with van der Waals surface area (Å²) in [6, 6.07) is 11.2. The van der Waals surface area contributed by atoms with Crippen molar-refractivity contribution in [3.8, 4) is 16.9 Å². The van der Waals surface area contributed by atoms with E-state index < -0.39 is 5.95 Å². The summed E-state index contributed by atoms with van der Waals surface area (Å²) >= 11 is 6.13. The number of carbonyl (C=O) groups excluding carboxylic acids is 1. The molecule has 4 nitrogen and oxygen atoms in total. The van der Waals surface area contributed by atoms with Crippen LogP contribution < -0.4 is 4.74 Å². The number of hydrogen-bond acceptors (Lipinski definition) is 3. The molecule has 0 spiro atoms. The van der Waals surface area contributed by atoms with Crippen LogP contribution in [0, 0.1) is 11.9 Å². The van der Waals surface area contributed by atoms with E-state index in [1.807, 2.05) is 43.3 Å². The highest BCUT2D eigenvalue weighted by Crippen LogP contribution is 2.36. The van der Waals surface area contributed by atoms with Crippen molar-refractivity contribution in [2.45, 2.75) is 33.1 Å². The molecule has 0 bridgehead atoms. The second kappa shape index (κ2) is 8.67. The van der Waals surface area contributed by atoms with Crippen molar-refractivity contribution in [3.05, 3.63) is 76.3 Å². The molecule has 1 unspecified atom stereocenters. The zero-order valence-electron chi connectivity index (χ0n) is 17.7. The van der Waals surface area contributed by atoms with Crippen molar-refractivity contribution in [2.75, 3.05) is 6.61 Å². The van der Waals surface area contributed by atoms with Gasteiger partial charge in [0.1, 0.15) is 5.75 Å². The Morgan fingerprint density at radius 3 is 2.77 bits per heavy atom. The zero-order valence-corrected chi connectivity index (χ0v) is 18.5. The Morgan fingerprint density at radius 1 is 1.29 bits per heavy atom. The first-order chi connectivity index (χ1) is 14.9. The molecule has 1 aliphatic heterocycles. The van der Waals surface area contributed by atoms with E-state index >= 15 is 0 Å². The van der Waals surface area contributed by atoms with Gasteiger partial charge in [-0.25, -0.2) is 0 Å². The lowest BCUT2D eigenvalue weighted by Gasteiger charge is -2.26. The second-order valence-electron chi connectivity index (χ2n) is 8.09.